The van der Waals surface area contributed by atoms with Gasteiger partial charge in [0.25, 0.3) is 0 Å². The van der Waals surface area contributed by atoms with Crippen molar-refractivity contribution in [2.75, 3.05) is 7.11 Å². The fraction of sp³-hybridized carbons (Fsp3) is 0.174. The van der Waals surface area contributed by atoms with E-state index in [1.54, 1.807) is 18.2 Å². The van der Waals surface area contributed by atoms with Gasteiger partial charge in [-0.25, -0.2) is 14.4 Å². The van der Waals surface area contributed by atoms with Crippen LogP contribution in [0.2, 0.25) is 0 Å². The van der Waals surface area contributed by atoms with Crippen molar-refractivity contribution in [3.8, 4) is 11.5 Å². The van der Waals surface area contributed by atoms with E-state index < -0.39 is 17.9 Å². The number of carbonyl (C=O) groups is 3. The zero-order chi connectivity index (χ0) is 22.3. The summed E-state index contributed by atoms with van der Waals surface area (Å²) < 4.78 is 10.4. The van der Waals surface area contributed by atoms with Crippen LogP contribution in [0, 0.1) is 0 Å². The summed E-state index contributed by atoms with van der Waals surface area (Å²) in [6, 6.07) is 10.7. The van der Waals surface area contributed by atoms with Crippen LogP contribution in [0.4, 0.5) is 0 Å². The van der Waals surface area contributed by atoms with Crippen LogP contribution >= 0.6 is 0 Å². The molecule has 0 radical (unpaired) electrons. The van der Waals surface area contributed by atoms with E-state index in [-0.39, 0.29) is 34.6 Å². The van der Waals surface area contributed by atoms with E-state index in [0.29, 0.717) is 0 Å². The summed E-state index contributed by atoms with van der Waals surface area (Å²) in [5, 5.41) is 18.8. The molecular weight excluding hydrogens is 388 g/mol. The van der Waals surface area contributed by atoms with Gasteiger partial charge in [-0.15, -0.1) is 0 Å². The van der Waals surface area contributed by atoms with Gasteiger partial charge >= 0.3 is 17.9 Å². The molecule has 2 aromatic carbocycles. The van der Waals surface area contributed by atoms with Gasteiger partial charge in [-0.3, -0.25) is 0 Å². The molecule has 0 aliphatic rings. The second kappa shape index (κ2) is 10.1. The molecular formula is C23H22O7. The molecule has 0 aliphatic heterocycles. The van der Waals surface area contributed by atoms with E-state index in [1.807, 2.05) is 44.2 Å². The SMILES string of the molecule is COc1cc(C=Cc2ccccc2)c(C(=O)O)c(OC(=O)C(=O)O)c1CC=C(C)C. The van der Waals surface area contributed by atoms with E-state index in [9.17, 15) is 19.5 Å². The Hall–Kier alpha value is -3.87. The molecule has 2 aromatic rings. The predicted octanol–water partition coefficient (Wildman–Crippen LogP) is 4.06. The van der Waals surface area contributed by atoms with Gasteiger partial charge in [0.15, 0.2) is 5.75 Å². The second-order valence-electron chi connectivity index (χ2n) is 6.58. The highest BCUT2D eigenvalue weighted by molar-refractivity contribution is 6.29. The average Bonchev–Trinajstić information content (AvgIpc) is 2.70. The van der Waals surface area contributed by atoms with Gasteiger partial charge in [-0.1, -0.05) is 54.1 Å². The number of allylic oxidation sites excluding steroid dienone is 2. The highest BCUT2D eigenvalue weighted by Gasteiger charge is 2.27. The molecule has 0 saturated heterocycles. The molecule has 7 heteroatoms. The highest BCUT2D eigenvalue weighted by Crippen LogP contribution is 2.37. The molecule has 2 N–H and O–H groups in total. The van der Waals surface area contributed by atoms with Crippen molar-refractivity contribution in [1.82, 2.24) is 0 Å². The van der Waals surface area contributed by atoms with Crippen LogP contribution in [-0.2, 0) is 16.0 Å². The summed E-state index contributed by atoms with van der Waals surface area (Å²) in [7, 11) is 1.40. The van der Waals surface area contributed by atoms with Gasteiger partial charge in [0.2, 0.25) is 0 Å². The van der Waals surface area contributed by atoms with Crippen molar-refractivity contribution in [2.45, 2.75) is 20.3 Å². The molecule has 0 aliphatic carbocycles. The van der Waals surface area contributed by atoms with E-state index in [4.69, 9.17) is 14.6 Å². The first-order chi connectivity index (χ1) is 14.2. The minimum absolute atomic E-state index is 0.191. The maximum atomic E-state index is 12.1. The predicted molar refractivity (Wildman–Crippen MR) is 112 cm³/mol. The number of carboxylic acids is 2. The molecule has 0 heterocycles. The summed E-state index contributed by atoms with van der Waals surface area (Å²) in [5.41, 5.74) is 1.91. The maximum absolute atomic E-state index is 12.1. The van der Waals surface area contributed by atoms with Crippen molar-refractivity contribution in [1.29, 1.82) is 0 Å². The summed E-state index contributed by atoms with van der Waals surface area (Å²) in [4.78, 5) is 34.9. The van der Waals surface area contributed by atoms with Crippen LogP contribution in [0.5, 0.6) is 11.5 Å². The number of hydrogen-bond donors (Lipinski definition) is 2. The Balaban J connectivity index is 2.74. The number of aromatic carboxylic acids is 1. The number of methoxy groups -OCH3 is 1. The number of hydrogen-bond acceptors (Lipinski definition) is 5. The Morgan fingerprint density at radius 3 is 2.23 bits per heavy atom. The first-order valence-corrected chi connectivity index (χ1v) is 9.03. The number of ether oxygens (including phenoxy) is 2. The van der Waals surface area contributed by atoms with E-state index >= 15 is 0 Å². The Bertz CT molecular complexity index is 1010. The van der Waals surface area contributed by atoms with Gasteiger partial charge in [-0.2, -0.15) is 0 Å². The molecule has 156 valence electrons. The van der Waals surface area contributed by atoms with E-state index in [1.165, 1.54) is 13.2 Å². The van der Waals surface area contributed by atoms with Gasteiger partial charge in [0.1, 0.15) is 11.3 Å². The fourth-order valence-electron chi connectivity index (χ4n) is 2.73. The van der Waals surface area contributed by atoms with Gasteiger partial charge in [-0.05, 0) is 37.5 Å². The molecule has 0 saturated carbocycles. The van der Waals surface area contributed by atoms with E-state index in [0.717, 1.165) is 11.1 Å². The highest BCUT2D eigenvalue weighted by atomic mass is 16.6. The molecule has 0 fully saturated rings. The molecule has 0 bridgehead atoms. The lowest BCUT2D eigenvalue weighted by atomic mass is 9.97. The Morgan fingerprint density at radius 2 is 1.70 bits per heavy atom. The van der Waals surface area contributed by atoms with Gasteiger partial charge in [0, 0.05) is 5.56 Å². The van der Waals surface area contributed by atoms with E-state index in [2.05, 4.69) is 0 Å². The smallest absolute Gasteiger partial charge is 0.422 e. The number of rotatable bonds is 7. The zero-order valence-electron chi connectivity index (χ0n) is 16.8. The minimum Gasteiger partial charge on any atom is -0.496 e. The third-order valence-corrected chi connectivity index (χ3v) is 4.15. The van der Waals surface area contributed by atoms with Crippen LogP contribution in [0.3, 0.4) is 0 Å². The van der Waals surface area contributed by atoms with Crippen LogP contribution in [0.1, 0.15) is 40.9 Å². The average molecular weight is 410 g/mol. The molecule has 7 nitrogen and oxygen atoms in total. The summed E-state index contributed by atoms with van der Waals surface area (Å²) in [5.74, 6) is -4.85. The monoisotopic (exact) mass is 410 g/mol. The molecule has 0 aromatic heterocycles. The first kappa shape index (κ1) is 22.4. The minimum atomic E-state index is -1.83. The molecule has 0 amide bonds. The van der Waals surface area contributed by atoms with Crippen LogP contribution in [-0.4, -0.2) is 35.2 Å². The van der Waals surface area contributed by atoms with Crippen molar-refractivity contribution in [3.05, 3.63) is 70.3 Å². The molecule has 0 unspecified atom stereocenters. The normalized spacial score (nSPS) is 10.5. The Labute approximate surface area is 173 Å². The largest absolute Gasteiger partial charge is 0.496 e. The van der Waals surface area contributed by atoms with Crippen molar-refractivity contribution in [3.63, 3.8) is 0 Å². The van der Waals surface area contributed by atoms with Gasteiger partial charge in [0.05, 0.1) is 7.11 Å². The molecule has 2 rings (SSSR count). The second-order valence-corrected chi connectivity index (χ2v) is 6.58. The lowest BCUT2D eigenvalue weighted by molar-refractivity contribution is -0.158. The van der Waals surface area contributed by atoms with Crippen LogP contribution in [0.15, 0.2) is 48.0 Å². The summed E-state index contributed by atoms with van der Waals surface area (Å²) in [6.45, 7) is 3.70. The van der Waals surface area contributed by atoms with Gasteiger partial charge < -0.3 is 19.7 Å². The van der Waals surface area contributed by atoms with Crippen molar-refractivity contribution < 1.29 is 34.1 Å². The van der Waals surface area contributed by atoms with Crippen LogP contribution in [0.25, 0.3) is 12.2 Å². The molecule has 30 heavy (non-hydrogen) atoms. The number of benzene rings is 2. The summed E-state index contributed by atoms with van der Waals surface area (Å²) in [6.07, 6.45) is 5.22. The number of carbonyl (C=O) groups excluding carboxylic acids is 1. The summed E-state index contributed by atoms with van der Waals surface area (Å²) >= 11 is 0. The van der Waals surface area contributed by atoms with Crippen LogP contribution < -0.4 is 9.47 Å². The first-order valence-electron chi connectivity index (χ1n) is 9.03. The third kappa shape index (κ3) is 5.57. The number of carboxylic acid groups (broad SMARTS) is 2. The lowest BCUT2D eigenvalue weighted by Gasteiger charge is -2.17. The van der Waals surface area contributed by atoms with Crippen molar-refractivity contribution >= 4 is 30.1 Å². The Kier molecular flexibility index (Phi) is 7.52. The fourth-order valence-corrected chi connectivity index (χ4v) is 2.73. The zero-order valence-corrected chi connectivity index (χ0v) is 16.8. The lowest BCUT2D eigenvalue weighted by Crippen LogP contribution is -2.22. The quantitative estimate of drug-likeness (QED) is 0.233. The number of aliphatic carboxylic acids is 1. The van der Waals surface area contributed by atoms with Crippen molar-refractivity contribution in [2.24, 2.45) is 0 Å². The standard InChI is InChI=1S/C23H22O7/c1-14(2)9-12-17-18(29-3)13-16(11-10-15-7-5-4-6-8-15)19(21(24)25)20(17)30-23(28)22(26)27/h4-11,13H,12H2,1-3H3,(H,24,25)(H,26,27). The molecule has 0 spiro atoms. The molecule has 0 atom stereocenters. The maximum Gasteiger partial charge on any atom is 0.422 e. The topological polar surface area (TPSA) is 110 Å². The third-order valence-electron chi connectivity index (χ3n) is 4.15. The Morgan fingerprint density at radius 1 is 1.03 bits per heavy atom. The number of esters is 1.